The molecule has 1 fully saturated rings. The highest BCUT2D eigenvalue weighted by Gasteiger charge is 2.33. The molecule has 0 amide bonds. The van der Waals surface area contributed by atoms with Crippen LogP contribution in [0.2, 0.25) is 0 Å². The maximum absolute atomic E-state index is 5.83. The lowest BCUT2D eigenvalue weighted by Crippen LogP contribution is -2.48. The third kappa shape index (κ3) is 2.85. The Morgan fingerprint density at radius 2 is 2.39 bits per heavy atom. The SMILES string of the molecule is CCCN1CCOC(CN)C1c1ccnc(C)n1. The minimum absolute atomic E-state index is 0.0274. The predicted molar refractivity (Wildman–Crippen MR) is 70.2 cm³/mol. The van der Waals surface area contributed by atoms with Crippen LogP contribution in [0.1, 0.15) is 30.9 Å². The molecule has 0 bridgehead atoms. The molecule has 2 atom stereocenters. The lowest BCUT2D eigenvalue weighted by atomic mass is 10.0. The molecule has 0 aliphatic carbocycles. The van der Waals surface area contributed by atoms with Gasteiger partial charge in [-0.25, -0.2) is 9.97 Å². The highest BCUT2D eigenvalue weighted by molar-refractivity contribution is 5.11. The van der Waals surface area contributed by atoms with Gasteiger partial charge in [-0.05, 0) is 26.0 Å². The first kappa shape index (κ1) is 13.4. The van der Waals surface area contributed by atoms with Crippen molar-refractivity contribution in [2.24, 2.45) is 5.73 Å². The van der Waals surface area contributed by atoms with Crippen LogP contribution in [0.25, 0.3) is 0 Å². The summed E-state index contributed by atoms with van der Waals surface area (Å²) < 4.78 is 5.78. The van der Waals surface area contributed by atoms with Gasteiger partial charge in [-0.15, -0.1) is 0 Å². The number of nitrogens with zero attached hydrogens (tertiary/aromatic N) is 3. The molecule has 1 saturated heterocycles. The van der Waals surface area contributed by atoms with Crippen LogP contribution in [0.4, 0.5) is 0 Å². The number of ether oxygens (including phenoxy) is 1. The summed E-state index contributed by atoms with van der Waals surface area (Å²) in [5.41, 5.74) is 6.85. The summed E-state index contributed by atoms with van der Waals surface area (Å²) in [7, 11) is 0. The highest BCUT2D eigenvalue weighted by atomic mass is 16.5. The third-order valence-electron chi connectivity index (χ3n) is 3.30. The van der Waals surface area contributed by atoms with Crippen molar-refractivity contribution in [3.63, 3.8) is 0 Å². The molecule has 1 aliphatic heterocycles. The molecule has 100 valence electrons. The van der Waals surface area contributed by atoms with Gasteiger partial charge in [0.2, 0.25) is 0 Å². The summed E-state index contributed by atoms with van der Waals surface area (Å²) in [5.74, 6) is 0.797. The monoisotopic (exact) mass is 250 g/mol. The average Bonchev–Trinajstić information content (AvgIpc) is 2.38. The average molecular weight is 250 g/mol. The van der Waals surface area contributed by atoms with Crippen molar-refractivity contribution in [2.75, 3.05) is 26.2 Å². The summed E-state index contributed by atoms with van der Waals surface area (Å²) in [6.45, 7) is 7.37. The number of aryl methyl sites for hydroxylation is 1. The molecule has 0 radical (unpaired) electrons. The Hall–Kier alpha value is -1.04. The topological polar surface area (TPSA) is 64.3 Å². The Bertz CT molecular complexity index is 383. The zero-order valence-corrected chi connectivity index (χ0v) is 11.2. The van der Waals surface area contributed by atoms with Crippen molar-refractivity contribution >= 4 is 0 Å². The van der Waals surface area contributed by atoms with Gasteiger partial charge in [-0.3, -0.25) is 4.90 Å². The second-order valence-corrected chi connectivity index (χ2v) is 4.65. The van der Waals surface area contributed by atoms with Crippen LogP contribution in [-0.2, 0) is 4.74 Å². The van der Waals surface area contributed by atoms with Crippen molar-refractivity contribution in [3.8, 4) is 0 Å². The van der Waals surface area contributed by atoms with Crippen LogP contribution in [0.3, 0.4) is 0 Å². The van der Waals surface area contributed by atoms with Crippen molar-refractivity contribution in [1.82, 2.24) is 14.9 Å². The molecule has 2 unspecified atom stereocenters. The Morgan fingerprint density at radius 3 is 3.06 bits per heavy atom. The number of aromatic nitrogens is 2. The highest BCUT2D eigenvalue weighted by Crippen LogP contribution is 2.27. The summed E-state index contributed by atoms with van der Waals surface area (Å²) in [4.78, 5) is 11.1. The number of hydrogen-bond acceptors (Lipinski definition) is 5. The number of hydrogen-bond donors (Lipinski definition) is 1. The number of rotatable bonds is 4. The zero-order valence-electron chi connectivity index (χ0n) is 11.2. The fourth-order valence-electron chi connectivity index (χ4n) is 2.54. The first-order chi connectivity index (χ1) is 8.76. The van der Waals surface area contributed by atoms with Gasteiger partial charge in [0.1, 0.15) is 5.82 Å². The Balaban J connectivity index is 2.27. The Kier molecular flexibility index (Phi) is 4.63. The maximum atomic E-state index is 5.83. The molecule has 18 heavy (non-hydrogen) atoms. The van der Waals surface area contributed by atoms with Gasteiger partial charge < -0.3 is 10.5 Å². The van der Waals surface area contributed by atoms with E-state index < -0.39 is 0 Å². The fraction of sp³-hybridized carbons (Fsp3) is 0.692. The smallest absolute Gasteiger partial charge is 0.125 e. The molecule has 2 rings (SSSR count). The van der Waals surface area contributed by atoms with Crippen molar-refractivity contribution in [2.45, 2.75) is 32.4 Å². The molecule has 5 heteroatoms. The van der Waals surface area contributed by atoms with E-state index in [1.807, 2.05) is 19.2 Å². The molecule has 0 spiro atoms. The van der Waals surface area contributed by atoms with Crippen molar-refractivity contribution in [3.05, 3.63) is 23.8 Å². The molecule has 0 saturated carbocycles. The van der Waals surface area contributed by atoms with E-state index in [0.29, 0.717) is 6.54 Å². The van der Waals surface area contributed by atoms with Crippen LogP contribution in [0.15, 0.2) is 12.3 Å². The molecule has 1 aliphatic rings. The van der Waals surface area contributed by atoms with Gasteiger partial charge in [-0.1, -0.05) is 6.92 Å². The minimum Gasteiger partial charge on any atom is -0.374 e. The van der Waals surface area contributed by atoms with Crippen LogP contribution >= 0.6 is 0 Å². The van der Waals surface area contributed by atoms with E-state index in [0.717, 1.165) is 37.6 Å². The van der Waals surface area contributed by atoms with Gasteiger partial charge in [0.15, 0.2) is 0 Å². The second-order valence-electron chi connectivity index (χ2n) is 4.65. The second kappa shape index (κ2) is 6.22. The minimum atomic E-state index is 0.0274. The summed E-state index contributed by atoms with van der Waals surface area (Å²) in [6, 6.07) is 2.13. The van der Waals surface area contributed by atoms with E-state index in [-0.39, 0.29) is 12.1 Å². The van der Waals surface area contributed by atoms with E-state index in [1.165, 1.54) is 0 Å². The van der Waals surface area contributed by atoms with Crippen molar-refractivity contribution in [1.29, 1.82) is 0 Å². The standard InChI is InChI=1S/C13H22N4O/c1-3-6-17-7-8-18-12(9-14)13(17)11-4-5-15-10(2)16-11/h4-5,12-13H,3,6-9,14H2,1-2H3. The molecule has 1 aromatic rings. The molecule has 2 N–H and O–H groups in total. The quantitative estimate of drug-likeness (QED) is 0.860. The van der Waals surface area contributed by atoms with Gasteiger partial charge in [0.05, 0.1) is 24.4 Å². The molecule has 1 aromatic heterocycles. The maximum Gasteiger partial charge on any atom is 0.125 e. The van der Waals surface area contributed by atoms with E-state index in [2.05, 4.69) is 21.8 Å². The normalized spacial score (nSPS) is 25.3. The lowest BCUT2D eigenvalue weighted by Gasteiger charge is -2.40. The van der Waals surface area contributed by atoms with Gasteiger partial charge >= 0.3 is 0 Å². The first-order valence-corrected chi connectivity index (χ1v) is 6.61. The van der Waals surface area contributed by atoms with Crippen LogP contribution in [0.5, 0.6) is 0 Å². The van der Waals surface area contributed by atoms with E-state index in [4.69, 9.17) is 10.5 Å². The van der Waals surface area contributed by atoms with Crippen LogP contribution in [-0.4, -0.2) is 47.2 Å². The number of nitrogens with two attached hydrogens (primary N) is 1. The molecule has 5 nitrogen and oxygen atoms in total. The van der Waals surface area contributed by atoms with Gasteiger partial charge in [0, 0.05) is 19.3 Å². The fourth-order valence-corrected chi connectivity index (χ4v) is 2.54. The summed E-state index contributed by atoms with van der Waals surface area (Å²) >= 11 is 0. The van der Waals surface area contributed by atoms with Gasteiger partial charge in [-0.2, -0.15) is 0 Å². The lowest BCUT2D eigenvalue weighted by molar-refractivity contribution is -0.0690. The molecule has 2 heterocycles. The van der Waals surface area contributed by atoms with E-state index in [1.54, 1.807) is 0 Å². The largest absolute Gasteiger partial charge is 0.374 e. The molecule has 0 aromatic carbocycles. The first-order valence-electron chi connectivity index (χ1n) is 6.61. The zero-order chi connectivity index (χ0) is 13.0. The summed E-state index contributed by atoms with van der Waals surface area (Å²) in [6.07, 6.45) is 2.96. The van der Waals surface area contributed by atoms with E-state index in [9.17, 15) is 0 Å². The third-order valence-corrected chi connectivity index (χ3v) is 3.30. The van der Waals surface area contributed by atoms with Crippen molar-refractivity contribution < 1.29 is 4.74 Å². The molecular formula is C13H22N4O. The predicted octanol–water partition coefficient (Wildman–Crippen LogP) is 0.896. The van der Waals surface area contributed by atoms with E-state index >= 15 is 0 Å². The van der Waals surface area contributed by atoms with Crippen LogP contribution < -0.4 is 5.73 Å². The Morgan fingerprint density at radius 1 is 1.56 bits per heavy atom. The van der Waals surface area contributed by atoms with Crippen LogP contribution in [0, 0.1) is 6.92 Å². The Labute approximate surface area is 108 Å². The van der Waals surface area contributed by atoms with Gasteiger partial charge in [0.25, 0.3) is 0 Å². The molecular weight excluding hydrogens is 228 g/mol. The number of morpholine rings is 1. The summed E-state index contributed by atoms with van der Waals surface area (Å²) in [5, 5.41) is 0.